The van der Waals surface area contributed by atoms with Crippen molar-refractivity contribution in [2.24, 2.45) is 0 Å². The third-order valence-electron chi connectivity index (χ3n) is 3.34. The van der Waals surface area contributed by atoms with E-state index < -0.39 is 0 Å². The van der Waals surface area contributed by atoms with Gasteiger partial charge in [-0.1, -0.05) is 20.4 Å². The average molecular weight is 212 g/mol. The van der Waals surface area contributed by atoms with Crippen LogP contribution in [0.4, 0.5) is 0 Å². The summed E-state index contributed by atoms with van der Waals surface area (Å²) in [7, 11) is 4.20. The van der Waals surface area contributed by atoms with Gasteiger partial charge in [0.1, 0.15) is 0 Å². The highest BCUT2D eigenvalue weighted by Crippen LogP contribution is 2.24. The van der Waals surface area contributed by atoms with Gasteiger partial charge in [-0.25, -0.2) is 0 Å². The number of carbonyl (C=O) groups excluding carboxylic acids is 1. The Morgan fingerprint density at radius 3 is 2.27 bits per heavy atom. The normalized spacial score (nSPS) is 11.5. The van der Waals surface area contributed by atoms with Gasteiger partial charge in [0, 0.05) is 12.1 Å². The molecule has 1 N–H and O–H groups in total. The fourth-order valence-corrected chi connectivity index (χ4v) is 1.95. The molecule has 0 aliphatic heterocycles. The standard InChI is InChI=1S/C12H24N2O/c1-6-11(15)13-10-9-12(7-2,8-3)14(4)5/h6H,1,7-10H2,2-5H3,(H,13,15). The maximum absolute atomic E-state index is 11.0. The number of amides is 1. The van der Waals surface area contributed by atoms with Crippen LogP contribution >= 0.6 is 0 Å². The lowest BCUT2D eigenvalue weighted by Crippen LogP contribution is -2.45. The summed E-state index contributed by atoms with van der Waals surface area (Å²) >= 11 is 0. The van der Waals surface area contributed by atoms with Crippen LogP contribution in [0.2, 0.25) is 0 Å². The number of carbonyl (C=O) groups is 1. The van der Waals surface area contributed by atoms with Gasteiger partial charge in [-0.05, 0) is 39.4 Å². The molecule has 0 aromatic heterocycles. The van der Waals surface area contributed by atoms with E-state index in [1.807, 2.05) is 0 Å². The molecule has 0 aliphatic carbocycles. The van der Waals surface area contributed by atoms with E-state index in [9.17, 15) is 4.79 Å². The Bertz CT molecular complexity index is 208. The summed E-state index contributed by atoms with van der Waals surface area (Å²) in [4.78, 5) is 13.3. The molecule has 1 amide bonds. The summed E-state index contributed by atoms with van der Waals surface area (Å²) in [6, 6.07) is 0. The molecule has 0 fully saturated rings. The second-order valence-electron chi connectivity index (χ2n) is 4.07. The second kappa shape index (κ2) is 6.62. The van der Waals surface area contributed by atoms with E-state index in [1.54, 1.807) is 0 Å². The highest BCUT2D eigenvalue weighted by atomic mass is 16.1. The molecule has 0 radical (unpaired) electrons. The summed E-state index contributed by atoms with van der Waals surface area (Å²) in [5, 5.41) is 2.83. The van der Waals surface area contributed by atoms with Crippen molar-refractivity contribution in [2.45, 2.75) is 38.6 Å². The molecule has 0 saturated carbocycles. The van der Waals surface area contributed by atoms with Crippen molar-refractivity contribution < 1.29 is 4.79 Å². The van der Waals surface area contributed by atoms with E-state index in [2.05, 4.69) is 44.7 Å². The van der Waals surface area contributed by atoms with E-state index in [-0.39, 0.29) is 11.4 Å². The van der Waals surface area contributed by atoms with E-state index in [1.165, 1.54) is 6.08 Å². The monoisotopic (exact) mass is 212 g/mol. The van der Waals surface area contributed by atoms with Gasteiger partial charge >= 0.3 is 0 Å². The van der Waals surface area contributed by atoms with Crippen molar-refractivity contribution in [1.29, 1.82) is 0 Å². The average Bonchev–Trinajstić information content (AvgIpc) is 2.24. The smallest absolute Gasteiger partial charge is 0.243 e. The summed E-state index contributed by atoms with van der Waals surface area (Å²) in [5.41, 5.74) is 0.203. The fourth-order valence-electron chi connectivity index (χ4n) is 1.95. The number of hydrogen-bond acceptors (Lipinski definition) is 2. The Balaban J connectivity index is 4.18. The Labute approximate surface area is 93.5 Å². The maximum atomic E-state index is 11.0. The molecule has 0 unspecified atom stereocenters. The summed E-state index contributed by atoms with van der Waals surface area (Å²) in [6.45, 7) is 8.53. The molecule has 88 valence electrons. The highest BCUT2D eigenvalue weighted by Gasteiger charge is 2.27. The van der Waals surface area contributed by atoms with Gasteiger partial charge in [-0.2, -0.15) is 0 Å². The first-order valence-electron chi connectivity index (χ1n) is 5.60. The molecule has 3 heteroatoms. The first-order valence-corrected chi connectivity index (χ1v) is 5.60. The lowest BCUT2D eigenvalue weighted by atomic mass is 9.88. The molecule has 0 saturated heterocycles. The molecule has 0 rings (SSSR count). The van der Waals surface area contributed by atoms with Crippen molar-refractivity contribution in [2.75, 3.05) is 20.6 Å². The second-order valence-corrected chi connectivity index (χ2v) is 4.07. The Morgan fingerprint density at radius 1 is 1.40 bits per heavy atom. The van der Waals surface area contributed by atoms with Crippen molar-refractivity contribution in [3.05, 3.63) is 12.7 Å². The van der Waals surface area contributed by atoms with Gasteiger partial charge in [-0.3, -0.25) is 4.79 Å². The Morgan fingerprint density at radius 2 is 1.93 bits per heavy atom. The van der Waals surface area contributed by atoms with Crippen LogP contribution in [0.5, 0.6) is 0 Å². The number of rotatable bonds is 7. The van der Waals surface area contributed by atoms with Crippen LogP contribution in [-0.2, 0) is 4.79 Å². The van der Waals surface area contributed by atoms with Gasteiger partial charge in [0.15, 0.2) is 0 Å². The minimum Gasteiger partial charge on any atom is -0.353 e. The molecule has 0 aliphatic rings. The van der Waals surface area contributed by atoms with Crippen LogP contribution in [0.25, 0.3) is 0 Å². The molecule has 15 heavy (non-hydrogen) atoms. The van der Waals surface area contributed by atoms with Crippen molar-refractivity contribution in [3.63, 3.8) is 0 Å². The molecule has 0 heterocycles. The third kappa shape index (κ3) is 4.04. The quantitative estimate of drug-likeness (QED) is 0.653. The molecule has 0 aromatic carbocycles. The van der Waals surface area contributed by atoms with Crippen molar-refractivity contribution in [3.8, 4) is 0 Å². The Kier molecular flexibility index (Phi) is 6.25. The van der Waals surface area contributed by atoms with Crippen LogP contribution in [0.15, 0.2) is 12.7 Å². The van der Waals surface area contributed by atoms with Crippen LogP contribution < -0.4 is 5.32 Å². The molecule has 0 aromatic rings. The maximum Gasteiger partial charge on any atom is 0.243 e. The first kappa shape index (κ1) is 14.2. The molecule has 0 bridgehead atoms. The van der Waals surface area contributed by atoms with E-state index in [0.717, 1.165) is 19.3 Å². The van der Waals surface area contributed by atoms with Crippen LogP contribution in [0.3, 0.4) is 0 Å². The summed E-state index contributed by atoms with van der Waals surface area (Å²) in [6.07, 6.45) is 4.49. The van der Waals surface area contributed by atoms with Gasteiger partial charge < -0.3 is 10.2 Å². The van der Waals surface area contributed by atoms with Crippen molar-refractivity contribution >= 4 is 5.91 Å². The molecular formula is C12H24N2O. The minimum atomic E-state index is -0.0881. The SMILES string of the molecule is C=CC(=O)NCCC(CC)(CC)N(C)C. The van der Waals surface area contributed by atoms with Gasteiger partial charge in [0.2, 0.25) is 5.91 Å². The predicted octanol–water partition coefficient (Wildman–Crippen LogP) is 1.80. The minimum absolute atomic E-state index is 0.0881. The van der Waals surface area contributed by atoms with Crippen molar-refractivity contribution in [1.82, 2.24) is 10.2 Å². The van der Waals surface area contributed by atoms with Gasteiger partial charge in [0.05, 0.1) is 0 Å². The van der Waals surface area contributed by atoms with E-state index >= 15 is 0 Å². The van der Waals surface area contributed by atoms with Gasteiger partial charge in [0.25, 0.3) is 0 Å². The van der Waals surface area contributed by atoms with Crippen LogP contribution in [-0.4, -0.2) is 37.0 Å². The highest BCUT2D eigenvalue weighted by molar-refractivity contribution is 5.86. The number of nitrogens with zero attached hydrogens (tertiary/aromatic N) is 1. The first-order chi connectivity index (χ1) is 7.02. The number of hydrogen-bond donors (Lipinski definition) is 1. The summed E-state index contributed by atoms with van der Waals surface area (Å²) < 4.78 is 0. The molecule has 0 atom stereocenters. The van der Waals surface area contributed by atoms with E-state index in [0.29, 0.717) is 6.54 Å². The molecule has 0 spiro atoms. The molecular weight excluding hydrogens is 188 g/mol. The fraction of sp³-hybridized carbons (Fsp3) is 0.750. The predicted molar refractivity (Wildman–Crippen MR) is 64.8 cm³/mol. The zero-order valence-electron chi connectivity index (χ0n) is 10.5. The van der Waals surface area contributed by atoms with Crippen LogP contribution in [0.1, 0.15) is 33.1 Å². The van der Waals surface area contributed by atoms with Crippen LogP contribution in [0, 0.1) is 0 Å². The lowest BCUT2D eigenvalue weighted by molar-refractivity contribution is -0.116. The zero-order chi connectivity index (χ0) is 11.9. The Hall–Kier alpha value is -0.830. The van der Waals surface area contributed by atoms with E-state index in [4.69, 9.17) is 0 Å². The molecule has 3 nitrogen and oxygen atoms in total. The topological polar surface area (TPSA) is 32.3 Å². The van der Waals surface area contributed by atoms with Gasteiger partial charge in [-0.15, -0.1) is 0 Å². The number of nitrogens with one attached hydrogen (secondary N) is 1. The summed E-state index contributed by atoms with van der Waals surface area (Å²) in [5.74, 6) is -0.0881. The largest absolute Gasteiger partial charge is 0.353 e. The zero-order valence-corrected chi connectivity index (χ0v) is 10.5. The third-order valence-corrected chi connectivity index (χ3v) is 3.34. The lowest BCUT2D eigenvalue weighted by Gasteiger charge is -2.38.